The van der Waals surface area contributed by atoms with E-state index in [2.05, 4.69) is 15.2 Å². The van der Waals surface area contributed by atoms with Crippen LogP contribution in [0.4, 0.5) is 0 Å². The van der Waals surface area contributed by atoms with Crippen molar-refractivity contribution >= 4 is 23.1 Å². The number of hydrogen-bond donors (Lipinski definition) is 3. The molecule has 0 aliphatic heterocycles. The number of aryl methyl sites for hydroxylation is 1. The van der Waals surface area contributed by atoms with Gasteiger partial charge in [0.15, 0.2) is 10.6 Å². The fourth-order valence-corrected chi connectivity index (χ4v) is 3.09. The van der Waals surface area contributed by atoms with Crippen LogP contribution in [-0.4, -0.2) is 24.9 Å². The lowest BCUT2D eigenvalue weighted by atomic mass is 10.1. The maximum atomic E-state index is 9.63. The molecule has 114 valence electrons. The first-order valence-electron chi connectivity index (χ1n) is 7.19. The normalized spacial score (nSPS) is 11.2. The molecule has 3 N–H and O–H groups in total. The van der Waals surface area contributed by atoms with Crippen molar-refractivity contribution in [2.24, 2.45) is 0 Å². The maximum Gasteiger partial charge on any atom is 0.200 e. The second kappa shape index (κ2) is 5.10. The third-order valence-electron chi connectivity index (χ3n) is 3.94. The maximum absolute atomic E-state index is 9.63. The van der Waals surface area contributed by atoms with E-state index in [9.17, 15) is 5.11 Å². The van der Waals surface area contributed by atoms with Crippen LogP contribution < -0.4 is 0 Å². The van der Waals surface area contributed by atoms with Crippen LogP contribution in [0.25, 0.3) is 28.0 Å². The van der Waals surface area contributed by atoms with E-state index in [0.29, 0.717) is 4.77 Å². The minimum absolute atomic E-state index is 0.236. The summed E-state index contributed by atoms with van der Waals surface area (Å²) in [5.74, 6) is 0.959. The zero-order valence-corrected chi connectivity index (χ0v) is 13.2. The predicted molar refractivity (Wildman–Crippen MR) is 92.4 cm³/mol. The molecule has 0 amide bonds. The Bertz CT molecular complexity index is 1070. The Kier molecular flexibility index (Phi) is 3.06. The van der Waals surface area contributed by atoms with Gasteiger partial charge >= 0.3 is 0 Å². The number of aromatic amines is 2. The average molecular weight is 322 g/mol. The number of phenolic OH excluding ortho intramolecular Hbond substituents is 1. The zero-order valence-electron chi connectivity index (χ0n) is 12.4. The molecule has 2 aromatic heterocycles. The summed E-state index contributed by atoms with van der Waals surface area (Å²) >= 11 is 5.45. The number of nitrogens with zero attached hydrogens (tertiary/aromatic N) is 2. The van der Waals surface area contributed by atoms with E-state index in [1.165, 1.54) is 0 Å². The third-order valence-corrected chi connectivity index (χ3v) is 4.21. The van der Waals surface area contributed by atoms with Gasteiger partial charge in [0.1, 0.15) is 5.75 Å². The summed E-state index contributed by atoms with van der Waals surface area (Å²) in [7, 11) is 0. The zero-order chi connectivity index (χ0) is 16.0. The third kappa shape index (κ3) is 2.15. The standard InChI is InChI=1S/C17H14N4OS/c1-10-9-11(22)5-6-12(10)16-19-20-17(23)21(16)15-4-2-3-14-13(15)7-8-18-14/h2-9,18,22H,1H3,(H,20,23). The number of H-pyrrole nitrogens is 2. The van der Waals surface area contributed by atoms with Crippen LogP contribution >= 0.6 is 12.2 Å². The van der Waals surface area contributed by atoms with Crippen molar-refractivity contribution < 1.29 is 5.11 Å². The van der Waals surface area contributed by atoms with Crippen LogP contribution in [0, 0.1) is 11.7 Å². The Labute approximate surface area is 137 Å². The Morgan fingerprint density at radius 3 is 2.87 bits per heavy atom. The molecule has 4 aromatic rings. The molecule has 0 fully saturated rings. The Morgan fingerprint density at radius 2 is 2.04 bits per heavy atom. The molecule has 0 saturated carbocycles. The predicted octanol–water partition coefficient (Wildman–Crippen LogP) is 4.09. The number of rotatable bonds is 2. The fourth-order valence-electron chi connectivity index (χ4n) is 2.86. The highest BCUT2D eigenvalue weighted by atomic mass is 32.1. The van der Waals surface area contributed by atoms with Crippen molar-refractivity contribution in [2.45, 2.75) is 6.92 Å². The van der Waals surface area contributed by atoms with Gasteiger partial charge in [0, 0.05) is 22.7 Å². The Morgan fingerprint density at radius 1 is 1.17 bits per heavy atom. The molecule has 4 rings (SSSR count). The minimum Gasteiger partial charge on any atom is -0.508 e. The topological polar surface area (TPSA) is 69.6 Å². The first kappa shape index (κ1) is 13.8. The van der Waals surface area contributed by atoms with Crippen LogP contribution in [0.15, 0.2) is 48.7 Å². The molecule has 0 unspecified atom stereocenters. The van der Waals surface area contributed by atoms with Gasteiger partial charge in [-0.15, -0.1) is 0 Å². The van der Waals surface area contributed by atoms with Crippen molar-refractivity contribution in [3.8, 4) is 22.8 Å². The Balaban J connectivity index is 2.03. The molecular weight excluding hydrogens is 308 g/mol. The molecule has 23 heavy (non-hydrogen) atoms. The van der Waals surface area contributed by atoms with E-state index in [-0.39, 0.29) is 5.75 Å². The van der Waals surface area contributed by atoms with E-state index in [1.54, 1.807) is 12.1 Å². The van der Waals surface area contributed by atoms with Crippen LogP contribution in [0.3, 0.4) is 0 Å². The number of aromatic nitrogens is 4. The van der Waals surface area contributed by atoms with Gasteiger partial charge in [-0.2, -0.15) is 5.10 Å². The number of nitrogens with one attached hydrogen (secondary N) is 2. The first-order valence-corrected chi connectivity index (χ1v) is 7.60. The highest BCUT2D eigenvalue weighted by Gasteiger charge is 2.15. The lowest BCUT2D eigenvalue weighted by Crippen LogP contribution is -1.99. The summed E-state index contributed by atoms with van der Waals surface area (Å²) in [5, 5.41) is 18.0. The van der Waals surface area contributed by atoms with Crippen LogP contribution in [0.1, 0.15) is 5.56 Å². The monoisotopic (exact) mass is 322 g/mol. The van der Waals surface area contributed by atoms with Gasteiger partial charge in [0.05, 0.1) is 5.69 Å². The highest BCUT2D eigenvalue weighted by molar-refractivity contribution is 7.71. The molecular formula is C17H14N4OS. The molecule has 0 spiro atoms. The molecule has 5 nitrogen and oxygen atoms in total. The van der Waals surface area contributed by atoms with E-state index in [4.69, 9.17) is 12.2 Å². The van der Waals surface area contributed by atoms with Gasteiger partial charge in [-0.05, 0) is 61.1 Å². The molecule has 0 radical (unpaired) electrons. The van der Waals surface area contributed by atoms with Crippen LogP contribution in [-0.2, 0) is 0 Å². The molecule has 0 aliphatic rings. The fraction of sp³-hybridized carbons (Fsp3) is 0.0588. The van der Waals surface area contributed by atoms with E-state index in [0.717, 1.165) is 33.5 Å². The van der Waals surface area contributed by atoms with Gasteiger partial charge in [-0.1, -0.05) is 6.07 Å². The summed E-state index contributed by atoms with van der Waals surface area (Å²) in [5.41, 5.74) is 3.85. The summed E-state index contributed by atoms with van der Waals surface area (Å²) in [4.78, 5) is 3.21. The quantitative estimate of drug-likeness (QED) is 0.487. The van der Waals surface area contributed by atoms with Crippen LogP contribution in [0.2, 0.25) is 0 Å². The van der Waals surface area contributed by atoms with E-state index < -0.39 is 0 Å². The molecule has 0 saturated heterocycles. The van der Waals surface area contributed by atoms with Crippen molar-refractivity contribution in [3.63, 3.8) is 0 Å². The molecule has 2 heterocycles. The van der Waals surface area contributed by atoms with Crippen molar-refractivity contribution in [3.05, 3.63) is 59.0 Å². The lowest BCUT2D eigenvalue weighted by molar-refractivity contribution is 0.475. The van der Waals surface area contributed by atoms with Crippen LogP contribution in [0.5, 0.6) is 5.75 Å². The van der Waals surface area contributed by atoms with Gasteiger partial charge in [-0.25, -0.2) is 0 Å². The number of benzene rings is 2. The second-order valence-electron chi connectivity index (χ2n) is 5.40. The average Bonchev–Trinajstić information content (AvgIpc) is 3.14. The van der Waals surface area contributed by atoms with Crippen molar-refractivity contribution in [1.82, 2.24) is 19.7 Å². The molecule has 0 aliphatic carbocycles. The first-order chi connectivity index (χ1) is 11.1. The van der Waals surface area contributed by atoms with Gasteiger partial charge in [-0.3, -0.25) is 9.67 Å². The van der Waals surface area contributed by atoms with Gasteiger partial charge in [0.2, 0.25) is 0 Å². The molecule has 0 atom stereocenters. The summed E-state index contributed by atoms with van der Waals surface area (Å²) < 4.78 is 2.45. The Hall–Kier alpha value is -2.86. The van der Waals surface area contributed by atoms with E-state index in [1.807, 2.05) is 48.0 Å². The smallest absolute Gasteiger partial charge is 0.200 e. The number of fused-ring (bicyclic) bond motifs is 1. The van der Waals surface area contributed by atoms with Crippen molar-refractivity contribution in [2.75, 3.05) is 0 Å². The largest absolute Gasteiger partial charge is 0.508 e. The molecule has 6 heteroatoms. The lowest BCUT2D eigenvalue weighted by Gasteiger charge is -2.10. The van der Waals surface area contributed by atoms with Gasteiger partial charge in [0.25, 0.3) is 0 Å². The second-order valence-corrected chi connectivity index (χ2v) is 5.79. The molecule has 0 bridgehead atoms. The summed E-state index contributed by atoms with van der Waals surface area (Å²) in [6.07, 6.45) is 1.91. The summed E-state index contributed by atoms with van der Waals surface area (Å²) in [6, 6.07) is 13.3. The SMILES string of the molecule is Cc1cc(O)ccc1-c1n[nH]c(=S)n1-c1cccc2[nH]ccc12. The van der Waals surface area contributed by atoms with E-state index >= 15 is 0 Å². The number of phenols is 1. The number of hydrogen-bond acceptors (Lipinski definition) is 3. The number of aromatic hydroxyl groups is 1. The molecule has 2 aromatic carbocycles. The highest BCUT2D eigenvalue weighted by Crippen LogP contribution is 2.29. The van der Waals surface area contributed by atoms with Gasteiger partial charge < -0.3 is 10.1 Å². The van der Waals surface area contributed by atoms with Crippen molar-refractivity contribution in [1.29, 1.82) is 0 Å². The summed E-state index contributed by atoms with van der Waals surface area (Å²) in [6.45, 7) is 1.94. The minimum atomic E-state index is 0.236.